The molecule has 1 rings (SSSR count). The Balaban J connectivity index is 2.98. The Morgan fingerprint density at radius 3 is 2.39 bits per heavy atom. The second kappa shape index (κ2) is 9.85. The Labute approximate surface area is 151 Å². The van der Waals surface area contributed by atoms with Gasteiger partial charge in [0.1, 0.15) is 12.3 Å². The molecule has 1 atom stereocenters. The molecule has 132 valence electrons. The number of alkyl halides is 2. The molecule has 23 heavy (non-hydrogen) atoms. The number of halogens is 2. The van der Waals surface area contributed by atoms with Gasteiger partial charge in [0, 0.05) is 23.7 Å². The lowest BCUT2D eigenvalue weighted by molar-refractivity contribution is -0.391. The predicted octanol–water partition coefficient (Wildman–Crippen LogP) is 2.87. The normalized spacial score (nSPS) is 13.2. The molecule has 0 fully saturated rings. The minimum absolute atomic E-state index is 0.140. The van der Waals surface area contributed by atoms with Crippen LogP contribution in [0.2, 0.25) is 0 Å². The Kier molecular flexibility index (Phi) is 8.88. The molecule has 1 aromatic rings. The summed E-state index contributed by atoms with van der Waals surface area (Å²) in [5.41, 5.74) is 0. The zero-order valence-electron chi connectivity index (χ0n) is 12.9. The first-order valence-corrected chi connectivity index (χ1v) is 10.8. The molecule has 1 heterocycles. The molecule has 2 N–H and O–H groups in total. The van der Waals surface area contributed by atoms with E-state index < -0.39 is 18.7 Å². The van der Waals surface area contributed by atoms with E-state index in [0.717, 1.165) is 0 Å². The molecule has 0 aliphatic carbocycles. The SMILES string of the molecule is CCC(OP(=O)(NCCBr)NCCBr)c1ncc([N+](=O)[O-])n1C. The molecule has 12 heteroatoms. The molecule has 1 aromatic heterocycles. The summed E-state index contributed by atoms with van der Waals surface area (Å²) in [7, 11) is -1.77. The summed E-state index contributed by atoms with van der Waals surface area (Å²) in [6.07, 6.45) is 1.01. The highest BCUT2D eigenvalue weighted by molar-refractivity contribution is 9.09. The van der Waals surface area contributed by atoms with Crippen LogP contribution in [0.3, 0.4) is 0 Å². The minimum Gasteiger partial charge on any atom is -0.358 e. The van der Waals surface area contributed by atoms with Crippen LogP contribution in [0.25, 0.3) is 0 Å². The van der Waals surface area contributed by atoms with Gasteiger partial charge in [-0.2, -0.15) is 0 Å². The molecule has 9 nitrogen and oxygen atoms in total. The lowest BCUT2D eigenvalue weighted by Crippen LogP contribution is -2.28. The maximum absolute atomic E-state index is 12.9. The maximum Gasteiger partial charge on any atom is 0.342 e. The van der Waals surface area contributed by atoms with Gasteiger partial charge >= 0.3 is 13.5 Å². The van der Waals surface area contributed by atoms with Gasteiger partial charge in [-0.25, -0.2) is 19.7 Å². The van der Waals surface area contributed by atoms with Gasteiger partial charge in [-0.15, -0.1) is 0 Å². The van der Waals surface area contributed by atoms with E-state index in [1.165, 1.54) is 17.8 Å². The van der Waals surface area contributed by atoms with E-state index in [4.69, 9.17) is 4.52 Å². The number of nitro groups is 1. The third kappa shape index (κ3) is 5.91. The fraction of sp³-hybridized carbons (Fsp3) is 0.727. The van der Waals surface area contributed by atoms with Crippen molar-refractivity contribution in [3.63, 3.8) is 0 Å². The summed E-state index contributed by atoms with van der Waals surface area (Å²) in [6, 6.07) is 0. The van der Waals surface area contributed by atoms with E-state index in [2.05, 4.69) is 47.0 Å². The predicted molar refractivity (Wildman–Crippen MR) is 95.2 cm³/mol. The smallest absolute Gasteiger partial charge is 0.342 e. The molecular weight excluding hydrogens is 457 g/mol. The first kappa shape index (κ1) is 20.7. The Morgan fingerprint density at radius 2 is 2.00 bits per heavy atom. The Bertz CT molecular complexity index is 559. The Hall–Kier alpha value is -0.320. The monoisotopic (exact) mass is 475 g/mol. The van der Waals surface area contributed by atoms with E-state index >= 15 is 0 Å². The third-order valence-electron chi connectivity index (χ3n) is 2.95. The second-order valence-corrected chi connectivity index (χ2v) is 8.07. The van der Waals surface area contributed by atoms with Crippen molar-refractivity contribution in [3.8, 4) is 0 Å². The summed E-state index contributed by atoms with van der Waals surface area (Å²) in [5.74, 6) is 0.222. The van der Waals surface area contributed by atoms with Crippen molar-refractivity contribution in [2.75, 3.05) is 23.7 Å². The van der Waals surface area contributed by atoms with Crippen molar-refractivity contribution in [2.45, 2.75) is 19.4 Å². The number of rotatable bonds is 11. The highest BCUT2D eigenvalue weighted by Gasteiger charge is 2.32. The molecule has 0 saturated heterocycles. The summed E-state index contributed by atoms with van der Waals surface area (Å²) in [5, 5.41) is 17.8. The van der Waals surface area contributed by atoms with Crippen LogP contribution >= 0.6 is 39.5 Å². The maximum atomic E-state index is 12.9. The molecule has 0 radical (unpaired) electrons. The first-order chi connectivity index (χ1) is 10.9. The van der Waals surface area contributed by atoms with Crippen LogP contribution < -0.4 is 10.2 Å². The molecule has 0 aromatic carbocycles. The molecule has 0 bridgehead atoms. The molecule has 0 aliphatic heterocycles. The van der Waals surface area contributed by atoms with Crippen molar-refractivity contribution in [2.24, 2.45) is 7.05 Å². The zero-order chi connectivity index (χ0) is 17.5. The van der Waals surface area contributed by atoms with Gasteiger partial charge in [-0.1, -0.05) is 38.8 Å². The van der Waals surface area contributed by atoms with E-state index in [-0.39, 0.29) is 5.82 Å². The number of nitrogens with zero attached hydrogens (tertiary/aromatic N) is 3. The number of hydrogen-bond donors (Lipinski definition) is 2. The van der Waals surface area contributed by atoms with Gasteiger partial charge in [0.2, 0.25) is 5.82 Å². The standard InChI is InChI=1S/C11H20Br2N5O4P/c1-3-9(11-14-8-10(17(11)2)18(19)20)22-23(21,15-6-4-12)16-7-5-13/h8-9H,3-7H2,1-2H3,(H2,15,16,21). The van der Waals surface area contributed by atoms with Gasteiger partial charge in [0.05, 0.1) is 7.05 Å². The van der Waals surface area contributed by atoms with Gasteiger partial charge in [0.25, 0.3) is 0 Å². The van der Waals surface area contributed by atoms with Crippen LogP contribution in [-0.2, 0) is 16.1 Å². The van der Waals surface area contributed by atoms with Gasteiger partial charge < -0.3 is 10.1 Å². The highest BCUT2D eigenvalue weighted by atomic mass is 79.9. The molecule has 0 saturated carbocycles. The van der Waals surface area contributed by atoms with Crippen LogP contribution in [0.5, 0.6) is 0 Å². The van der Waals surface area contributed by atoms with Crippen molar-refractivity contribution in [1.29, 1.82) is 0 Å². The summed E-state index contributed by atoms with van der Waals surface area (Å²) in [6.45, 7) is 2.73. The van der Waals surface area contributed by atoms with E-state index in [0.29, 0.717) is 36.0 Å². The van der Waals surface area contributed by atoms with Crippen LogP contribution in [0.4, 0.5) is 5.82 Å². The lowest BCUT2D eigenvalue weighted by atomic mass is 10.3. The number of imidazole rings is 1. The van der Waals surface area contributed by atoms with E-state index in [9.17, 15) is 14.7 Å². The van der Waals surface area contributed by atoms with Crippen LogP contribution in [0.15, 0.2) is 6.20 Å². The van der Waals surface area contributed by atoms with E-state index in [1.807, 2.05) is 6.92 Å². The largest absolute Gasteiger partial charge is 0.358 e. The highest BCUT2D eigenvalue weighted by Crippen LogP contribution is 2.44. The van der Waals surface area contributed by atoms with Crippen LogP contribution in [0, 0.1) is 10.1 Å². The summed E-state index contributed by atoms with van der Waals surface area (Å²) in [4.78, 5) is 14.5. The number of nitrogens with one attached hydrogen (secondary N) is 2. The molecule has 0 amide bonds. The van der Waals surface area contributed by atoms with Crippen molar-refractivity contribution >= 4 is 45.3 Å². The average molecular weight is 477 g/mol. The van der Waals surface area contributed by atoms with Crippen LogP contribution in [0.1, 0.15) is 25.3 Å². The fourth-order valence-electron chi connectivity index (χ4n) is 1.88. The van der Waals surface area contributed by atoms with Crippen molar-refractivity contribution < 1.29 is 14.0 Å². The van der Waals surface area contributed by atoms with Gasteiger partial charge in [-0.05, 0) is 11.3 Å². The lowest BCUT2D eigenvalue weighted by Gasteiger charge is -2.23. The second-order valence-electron chi connectivity index (χ2n) is 4.54. The van der Waals surface area contributed by atoms with Crippen molar-refractivity contribution in [3.05, 3.63) is 22.1 Å². The first-order valence-electron chi connectivity index (χ1n) is 6.95. The van der Waals surface area contributed by atoms with Crippen LogP contribution in [-0.4, -0.2) is 38.2 Å². The average Bonchev–Trinajstić information content (AvgIpc) is 2.91. The van der Waals surface area contributed by atoms with Gasteiger partial charge in [-0.3, -0.25) is 9.09 Å². The topological polar surface area (TPSA) is 111 Å². The zero-order valence-corrected chi connectivity index (χ0v) is 16.9. The number of hydrogen-bond acceptors (Lipinski definition) is 5. The van der Waals surface area contributed by atoms with Gasteiger partial charge in [0.15, 0.2) is 0 Å². The molecular formula is C11H20Br2N5O4P. The third-order valence-corrected chi connectivity index (χ3v) is 5.57. The molecule has 1 unspecified atom stereocenters. The molecule has 0 spiro atoms. The molecule has 0 aliphatic rings. The van der Waals surface area contributed by atoms with E-state index in [1.54, 1.807) is 0 Å². The number of aromatic nitrogens is 2. The summed E-state index contributed by atoms with van der Waals surface area (Å²) < 4.78 is 19.9. The quantitative estimate of drug-likeness (QED) is 0.218. The fourth-order valence-corrected chi connectivity index (χ4v) is 4.56. The summed E-state index contributed by atoms with van der Waals surface area (Å²) >= 11 is 6.52. The Morgan fingerprint density at radius 1 is 1.43 bits per heavy atom. The van der Waals surface area contributed by atoms with Crippen molar-refractivity contribution in [1.82, 2.24) is 19.7 Å². The minimum atomic E-state index is -3.31.